The summed E-state index contributed by atoms with van der Waals surface area (Å²) in [7, 11) is 1.58. The number of nitrogens with zero attached hydrogens (tertiary/aromatic N) is 1. The summed E-state index contributed by atoms with van der Waals surface area (Å²) >= 11 is 12.3. The lowest BCUT2D eigenvalue weighted by Crippen LogP contribution is -2.27. The van der Waals surface area contributed by atoms with Crippen LogP contribution in [0.5, 0.6) is 5.75 Å². The number of anilines is 1. The number of carbonyl (C=O) groups excluding carboxylic acids is 1. The van der Waals surface area contributed by atoms with E-state index in [0.717, 1.165) is 5.56 Å². The largest absolute Gasteiger partial charge is 0.497 e. The molecule has 1 amide bonds. The highest BCUT2D eigenvalue weighted by Gasteiger charge is 2.33. The first-order valence-electron chi connectivity index (χ1n) is 6.86. The van der Waals surface area contributed by atoms with E-state index >= 15 is 0 Å². The highest BCUT2D eigenvalue weighted by Crippen LogP contribution is 2.37. The number of methoxy groups -OCH3 is 1. The number of hydrogen-bond donors (Lipinski definition) is 0. The number of amides is 1. The van der Waals surface area contributed by atoms with E-state index in [2.05, 4.69) is 0 Å². The highest BCUT2D eigenvalue weighted by atomic mass is 35.5. The number of benzene rings is 2. The van der Waals surface area contributed by atoms with Gasteiger partial charge in [0.1, 0.15) is 11.6 Å². The maximum absolute atomic E-state index is 13.3. The molecule has 0 N–H and O–H groups in total. The monoisotopic (exact) mass is 379 g/mol. The first-order chi connectivity index (χ1) is 11.5. The first kappa shape index (κ1) is 17.0. The van der Waals surface area contributed by atoms with E-state index in [0.29, 0.717) is 20.7 Å². The Bertz CT molecular complexity index is 869. The van der Waals surface area contributed by atoms with Crippen LogP contribution in [0.3, 0.4) is 0 Å². The van der Waals surface area contributed by atoms with Crippen molar-refractivity contribution in [1.29, 1.82) is 0 Å². The molecule has 1 fully saturated rings. The van der Waals surface area contributed by atoms with E-state index < -0.39 is 5.82 Å². The maximum Gasteiger partial charge on any atom is 0.270 e. The molecular formula is C17H11ClFNO2S2. The number of ether oxygens (including phenoxy) is 1. The Balaban J connectivity index is 1.93. The van der Waals surface area contributed by atoms with Gasteiger partial charge in [0, 0.05) is 0 Å². The third-order valence-electron chi connectivity index (χ3n) is 3.35. The minimum Gasteiger partial charge on any atom is -0.497 e. The van der Waals surface area contributed by atoms with Crippen molar-refractivity contribution in [2.45, 2.75) is 0 Å². The Labute approximate surface area is 153 Å². The predicted octanol–water partition coefficient (Wildman–Crippen LogP) is 4.89. The molecule has 0 saturated carbocycles. The molecule has 2 aromatic rings. The second-order valence-corrected chi connectivity index (χ2v) is 6.98. The fraction of sp³-hybridized carbons (Fsp3) is 0.0588. The fourth-order valence-corrected chi connectivity index (χ4v) is 3.67. The van der Waals surface area contributed by atoms with Crippen LogP contribution < -0.4 is 9.64 Å². The molecule has 24 heavy (non-hydrogen) atoms. The second kappa shape index (κ2) is 6.93. The summed E-state index contributed by atoms with van der Waals surface area (Å²) in [6, 6.07) is 11.4. The van der Waals surface area contributed by atoms with Crippen LogP contribution in [-0.4, -0.2) is 17.3 Å². The van der Waals surface area contributed by atoms with Crippen LogP contribution >= 0.6 is 35.6 Å². The topological polar surface area (TPSA) is 29.5 Å². The number of thioether (sulfide) groups is 1. The summed E-state index contributed by atoms with van der Waals surface area (Å²) in [4.78, 5) is 14.5. The summed E-state index contributed by atoms with van der Waals surface area (Å²) in [5.41, 5.74) is 1.27. The zero-order chi connectivity index (χ0) is 17.3. The van der Waals surface area contributed by atoms with Crippen LogP contribution in [0.1, 0.15) is 5.56 Å². The molecule has 1 aliphatic rings. The van der Waals surface area contributed by atoms with Gasteiger partial charge in [-0.2, -0.15) is 0 Å². The molecule has 1 aliphatic heterocycles. The van der Waals surface area contributed by atoms with Crippen LogP contribution in [-0.2, 0) is 4.79 Å². The van der Waals surface area contributed by atoms with Crippen LogP contribution in [0, 0.1) is 5.82 Å². The Kier molecular flexibility index (Phi) is 4.89. The van der Waals surface area contributed by atoms with Crippen LogP contribution in [0.15, 0.2) is 47.4 Å². The van der Waals surface area contributed by atoms with E-state index in [1.54, 1.807) is 13.2 Å². The molecule has 2 aromatic carbocycles. The van der Waals surface area contributed by atoms with Crippen molar-refractivity contribution < 1.29 is 13.9 Å². The number of thiocarbonyl (C=S) groups is 1. The van der Waals surface area contributed by atoms with Gasteiger partial charge in [-0.1, -0.05) is 47.7 Å². The van der Waals surface area contributed by atoms with Gasteiger partial charge in [-0.3, -0.25) is 9.69 Å². The highest BCUT2D eigenvalue weighted by molar-refractivity contribution is 8.27. The average molecular weight is 380 g/mol. The lowest BCUT2D eigenvalue weighted by Gasteiger charge is -2.14. The molecule has 0 aromatic heterocycles. The molecule has 3 rings (SSSR count). The molecule has 0 bridgehead atoms. The van der Waals surface area contributed by atoms with Crippen molar-refractivity contribution in [1.82, 2.24) is 0 Å². The quantitative estimate of drug-likeness (QED) is 0.560. The zero-order valence-electron chi connectivity index (χ0n) is 12.5. The molecule has 3 nitrogen and oxygen atoms in total. The molecule has 7 heteroatoms. The number of carbonyl (C=O) groups is 1. The number of hydrogen-bond acceptors (Lipinski definition) is 4. The van der Waals surface area contributed by atoms with Crippen LogP contribution in [0.25, 0.3) is 6.08 Å². The van der Waals surface area contributed by atoms with Gasteiger partial charge in [-0.15, -0.1) is 0 Å². The molecule has 0 atom stereocenters. The Hall–Kier alpha value is -1.89. The fourth-order valence-electron chi connectivity index (χ4n) is 2.20. The summed E-state index contributed by atoms with van der Waals surface area (Å²) in [6.07, 6.45) is 1.74. The molecule has 0 spiro atoms. The third kappa shape index (κ3) is 3.31. The molecule has 0 unspecified atom stereocenters. The van der Waals surface area contributed by atoms with E-state index in [1.807, 2.05) is 24.3 Å². The van der Waals surface area contributed by atoms with E-state index in [9.17, 15) is 9.18 Å². The van der Waals surface area contributed by atoms with Crippen molar-refractivity contribution in [3.63, 3.8) is 0 Å². The minimum atomic E-state index is -0.544. The smallest absolute Gasteiger partial charge is 0.270 e. The summed E-state index contributed by atoms with van der Waals surface area (Å²) in [5, 5.41) is -0.0571. The summed E-state index contributed by atoms with van der Waals surface area (Å²) < 4.78 is 18.9. The van der Waals surface area contributed by atoms with E-state index in [-0.39, 0.29) is 10.9 Å². The third-order valence-corrected chi connectivity index (χ3v) is 4.94. The van der Waals surface area contributed by atoms with Crippen molar-refractivity contribution in [3.05, 3.63) is 63.8 Å². The van der Waals surface area contributed by atoms with Gasteiger partial charge in [0.2, 0.25) is 0 Å². The number of halogens is 2. The van der Waals surface area contributed by atoms with Crippen molar-refractivity contribution >= 4 is 57.6 Å². The van der Waals surface area contributed by atoms with E-state index in [1.165, 1.54) is 34.9 Å². The molecular weight excluding hydrogens is 369 g/mol. The lowest BCUT2D eigenvalue weighted by atomic mass is 10.2. The average Bonchev–Trinajstić information content (AvgIpc) is 2.84. The summed E-state index contributed by atoms with van der Waals surface area (Å²) in [5.74, 6) is -0.113. The van der Waals surface area contributed by atoms with Gasteiger partial charge < -0.3 is 4.74 Å². The van der Waals surface area contributed by atoms with Gasteiger partial charge >= 0.3 is 0 Å². The van der Waals surface area contributed by atoms with Crippen LogP contribution in [0.2, 0.25) is 5.02 Å². The maximum atomic E-state index is 13.3. The number of rotatable bonds is 3. The Morgan fingerprint density at radius 3 is 2.79 bits per heavy atom. The predicted molar refractivity (Wildman–Crippen MR) is 100 cm³/mol. The Morgan fingerprint density at radius 2 is 2.08 bits per heavy atom. The van der Waals surface area contributed by atoms with Crippen molar-refractivity contribution in [3.8, 4) is 5.75 Å². The van der Waals surface area contributed by atoms with Gasteiger partial charge in [-0.05, 0) is 42.0 Å². The minimum absolute atomic E-state index is 0.0571. The van der Waals surface area contributed by atoms with Gasteiger partial charge in [-0.25, -0.2) is 4.39 Å². The summed E-state index contributed by atoms with van der Waals surface area (Å²) in [6.45, 7) is 0. The van der Waals surface area contributed by atoms with E-state index in [4.69, 9.17) is 28.6 Å². The van der Waals surface area contributed by atoms with Crippen LogP contribution in [0.4, 0.5) is 10.1 Å². The first-order valence-corrected chi connectivity index (χ1v) is 8.47. The molecule has 1 saturated heterocycles. The molecule has 122 valence electrons. The lowest BCUT2D eigenvalue weighted by molar-refractivity contribution is -0.113. The van der Waals surface area contributed by atoms with Gasteiger partial charge in [0.15, 0.2) is 4.32 Å². The second-order valence-electron chi connectivity index (χ2n) is 4.89. The normalized spacial score (nSPS) is 16.1. The van der Waals surface area contributed by atoms with Gasteiger partial charge in [0.05, 0.1) is 22.7 Å². The van der Waals surface area contributed by atoms with Crippen molar-refractivity contribution in [2.75, 3.05) is 12.0 Å². The van der Waals surface area contributed by atoms with Gasteiger partial charge in [0.25, 0.3) is 5.91 Å². The Morgan fingerprint density at radius 1 is 1.29 bits per heavy atom. The molecule has 1 heterocycles. The zero-order valence-corrected chi connectivity index (χ0v) is 14.8. The SMILES string of the molecule is COc1cccc(/C=C2\SC(=S)N(c3ccc(F)c(Cl)c3)C2=O)c1. The standard InChI is InChI=1S/C17H11ClFNO2S2/c1-22-12-4-2-3-10(7-12)8-15-16(21)20(17(23)24-15)11-5-6-14(19)13(18)9-11/h2-9H,1H3/b15-8-. The molecule has 0 radical (unpaired) electrons. The molecule has 0 aliphatic carbocycles. The van der Waals surface area contributed by atoms with Crippen molar-refractivity contribution in [2.24, 2.45) is 0 Å².